The van der Waals surface area contributed by atoms with Crippen LogP contribution in [0.4, 0.5) is 10.1 Å². The summed E-state index contributed by atoms with van der Waals surface area (Å²) in [6.45, 7) is 2.41. The van der Waals surface area contributed by atoms with Crippen molar-refractivity contribution in [3.05, 3.63) is 65.5 Å². The molecule has 2 N–H and O–H groups in total. The molecule has 27 heavy (non-hydrogen) atoms. The molecule has 1 saturated heterocycles. The van der Waals surface area contributed by atoms with Crippen molar-refractivity contribution < 1.29 is 4.39 Å². The fourth-order valence-corrected chi connectivity index (χ4v) is 3.23. The van der Waals surface area contributed by atoms with E-state index in [1.54, 1.807) is 19.2 Å². The third kappa shape index (κ3) is 5.20. The number of anilines is 1. The van der Waals surface area contributed by atoms with E-state index in [9.17, 15) is 4.39 Å². The minimum absolute atomic E-state index is 0.194. The number of piperidine rings is 1. The summed E-state index contributed by atoms with van der Waals surface area (Å²) in [5, 5.41) is 15.6. The predicted molar refractivity (Wildman–Crippen MR) is 106 cm³/mol. The van der Waals surface area contributed by atoms with Gasteiger partial charge in [0, 0.05) is 38.4 Å². The molecule has 0 aliphatic carbocycles. The van der Waals surface area contributed by atoms with Gasteiger partial charge in [0.1, 0.15) is 5.82 Å². The van der Waals surface area contributed by atoms with Crippen molar-refractivity contribution in [2.45, 2.75) is 25.4 Å². The van der Waals surface area contributed by atoms with Crippen molar-refractivity contribution in [3.63, 3.8) is 0 Å². The number of nitrogens with one attached hydrogen (secondary N) is 2. The Kier molecular flexibility index (Phi) is 6.26. The number of hydrogen-bond donors (Lipinski definition) is 2. The van der Waals surface area contributed by atoms with Gasteiger partial charge >= 0.3 is 0 Å². The minimum atomic E-state index is -0.194. The summed E-state index contributed by atoms with van der Waals surface area (Å²) in [6, 6.07) is 16.7. The number of guanidine groups is 1. The Labute approximate surface area is 159 Å². The van der Waals surface area contributed by atoms with Crippen LogP contribution in [-0.2, 0) is 6.54 Å². The molecule has 1 heterocycles. The molecule has 0 bridgehead atoms. The second-order valence-corrected chi connectivity index (χ2v) is 6.62. The van der Waals surface area contributed by atoms with Crippen molar-refractivity contribution in [2.24, 2.45) is 4.99 Å². The number of nitriles is 1. The molecule has 1 fully saturated rings. The summed E-state index contributed by atoms with van der Waals surface area (Å²) in [5.74, 6) is 0.573. The van der Waals surface area contributed by atoms with Gasteiger partial charge in [0.25, 0.3) is 0 Å². The fraction of sp³-hybridized carbons (Fsp3) is 0.333. The first-order valence-electron chi connectivity index (χ1n) is 9.14. The van der Waals surface area contributed by atoms with E-state index in [0.717, 1.165) is 43.1 Å². The second kappa shape index (κ2) is 9.04. The molecular formula is C21H24FN5. The summed E-state index contributed by atoms with van der Waals surface area (Å²) in [5.41, 5.74) is 2.70. The zero-order chi connectivity index (χ0) is 19.1. The molecule has 5 nitrogen and oxygen atoms in total. The average Bonchev–Trinajstić information content (AvgIpc) is 2.72. The Balaban J connectivity index is 1.47. The van der Waals surface area contributed by atoms with Crippen molar-refractivity contribution in [1.82, 2.24) is 10.6 Å². The lowest BCUT2D eigenvalue weighted by molar-refractivity contribution is 0.461. The molecule has 0 spiro atoms. The van der Waals surface area contributed by atoms with E-state index in [0.29, 0.717) is 18.2 Å². The highest BCUT2D eigenvalue weighted by Gasteiger charge is 2.20. The fourth-order valence-electron chi connectivity index (χ4n) is 3.23. The molecule has 0 radical (unpaired) electrons. The molecule has 3 rings (SSSR count). The van der Waals surface area contributed by atoms with Crippen LogP contribution in [-0.4, -0.2) is 32.1 Å². The number of nitrogens with zero attached hydrogens (tertiary/aromatic N) is 3. The molecule has 140 valence electrons. The van der Waals surface area contributed by atoms with E-state index in [-0.39, 0.29) is 5.82 Å². The predicted octanol–water partition coefficient (Wildman–Crippen LogP) is 3.03. The van der Waals surface area contributed by atoms with Crippen molar-refractivity contribution in [2.75, 3.05) is 25.0 Å². The molecule has 0 unspecified atom stereocenters. The minimum Gasteiger partial charge on any atom is -0.371 e. The maximum absolute atomic E-state index is 13.4. The summed E-state index contributed by atoms with van der Waals surface area (Å²) in [4.78, 5) is 6.52. The first-order chi connectivity index (χ1) is 13.2. The van der Waals surface area contributed by atoms with Gasteiger partial charge in [0.15, 0.2) is 5.96 Å². The summed E-state index contributed by atoms with van der Waals surface area (Å²) in [7, 11) is 1.76. The maximum atomic E-state index is 13.4. The lowest BCUT2D eigenvalue weighted by Crippen LogP contribution is -2.48. The Bertz CT molecular complexity index is 817. The first-order valence-corrected chi connectivity index (χ1v) is 9.14. The molecule has 2 aromatic carbocycles. The Morgan fingerprint density at radius 2 is 1.96 bits per heavy atom. The van der Waals surface area contributed by atoms with Gasteiger partial charge in [-0.05, 0) is 48.7 Å². The Morgan fingerprint density at radius 1 is 1.22 bits per heavy atom. The molecule has 2 aromatic rings. The summed E-state index contributed by atoms with van der Waals surface area (Å²) >= 11 is 0. The lowest BCUT2D eigenvalue weighted by Gasteiger charge is -2.34. The monoisotopic (exact) mass is 365 g/mol. The molecule has 0 amide bonds. The van der Waals surface area contributed by atoms with Gasteiger partial charge in [-0.2, -0.15) is 5.26 Å². The third-order valence-corrected chi connectivity index (χ3v) is 4.78. The molecule has 0 saturated carbocycles. The van der Waals surface area contributed by atoms with Gasteiger partial charge in [0.2, 0.25) is 0 Å². The van der Waals surface area contributed by atoms with Crippen LogP contribution in [0, 0.1) is 17.1 Å². The van der Waals surface area contributed by atoms with Gasteiger partial charge < -0.3 is 15.5 Å². The molecule has 1 aliphatic rings. The second-order valence-electron chi connectivity index (χ2n) is 6.62. The molecule has 0 atom stereocenters. The standard InChI is InChI=1S/C21H24FN5/c1-24-21(25-15-17-7-5-16(14-23)6-8-17)26-19-9-11-27(12-10-19)20-4-2-3-18(22)13-20/h2-8,13,19H,9-12,15H2,1H3,(H2,24,25,26). The number of hydrogen-bond acceptors (Lipinski definition) is 3. The van der Waals surface area contributed by atoms with Gasteiger partial charge in [-0.3, -0.25) is 4.99 Å². The SMILES string of the molecule is CN=C(NCc1ccc(C#N)cc1)NC1CCN(c2cccc(F)c2)CC1. The van der Waals surface area contributed by atoms with E-state index in [2.05, 4.69) is 26.6 Å². The van der Waals surface area contributed by atoms with Gasteiger partial charge in [-0.25, -0.2) is 4.39 Å². The first kappa shape index (κ1) is 18.7. The van der Waals surface area contributed by atoms with Gasteiger partial charge in [-0.1, -0.05) is 18.2 Å². The third-order valence-electron chi connectivity index (χ3n) is 4.78. The zero-order valence-electron chi connectivity index (χ0n) is 15.5. The van der Waals surface area contributed by atoms with E-state index in [1.807, 2.05) is 30.3 Å². The number of halogens is 1. The van der Waals surface area contributed by atoms with Crippen LogP contribution in [0.15, 0.2) is 53.5 Å². The summed E-state index contributed by atoms with van der Waals surface area (Å²) in [6.07, 6.45) is 1.93. The van der Waals surface area contributed by atoms with E-state index in [1.165, 1.54) is 6.07 Å². The van der Waals surface area contributed by atoms with Gasteiger partial charge in [-0.15, -0.1) is 0 Å². The average molecular weight is 365 g/mol. The summed E-state index contributed by atoms with van der Waals surface area (Å²) < 4.78 is 13.4. The quantitative estimate of drug-likeness (QED) is 0.646. The number of aliphatic imine (C=N–C) groups is 1. The van der Waals surface area contributed by atoms with Crippen LogP contribution < -0.4 is 15.5 Å². The van der Waals surface area contributed by atoms with E-state index in [4.69, 9.17) is 5.26 Å². The van der Waals surface area contributed by atoms with Crippen molar-refractivity contribution >= 4 is 11.6 Å². The van der Waals surface area contributed by atoms with Crippen LogP contribution in [0.1, 0.15) is 24.0 Å². The van der Waals surface area contributed by atoms with Crippen molar-refractivity contribution in [1.29, 1.82) is 5.26 Å². The van der Waals surface area contributed by atoms with E-state index < -0.39 is 0 Å². The van der Waals surface area contributed by atoms with Crippen LogP contribution in [0.25, 0.3) is 0 Å². The number of rotatable bonds is 4. The highest BCUT2D eigenvalue weighted by Crippen LogP contribution is 2.20. The molecule has 1 aliphatic heterocycles. The van der Waals surface area contributed by atoms with Crippen LogP contribution in [0.3, 0.4) is 0 Å². The molecule has 0 aromatic heterocycles. The van der Waals surface area contributed by atoms with Crippen LogP contribution >= 0.6 is 0 Å². The van der Waals surface area contributed by atoms with Crippen molar-refractivity contribution in [3.8, 4) is 6.07 Å². The highest BCUT2D eigenvalue weighted by molar-refractivity contribution is 5.80. The molecular weight excluding hydrogens is 341 g/mol. The van der Waals surface area contributed by atoms with E-state index >= 15 is 0 Å². The van der Waals surface area contributed by atoms with Gasteiger partial charge in [0.05, 0.1) is 11.6 Å². The van der Waals surface area contributed by atoms with Crippen LogP contribution in [0.5, 0.6) is 0 Å². The number of benzene rings is 2. The zero-order valence-corrected chi connectivity index (χ0v) is 15.5. The highest BCUT2D eigenvalue weighted by atomic mass is 19.1. The molecule has 6 heteroatoms. The topological polar surface area (TPSA) is 63.5 Å². The smallest absolute Gasteiger partial charge is 0.191 e. The maximum Gasteiger partial charge on any atom is 0.191 e. The Morgan fingerprint density at radius 3 is 2.59 bits per heavy atom. The largest absolute Gasteiger partial charge is 0.371 e. The normalized spacial score (nSPS) is 15.3. The lowest BCUT2D eigenvalue weighted by atomic mass is 10.0. The van der Waals surface area contributed by atoms with Crippen LogP contribution in [0.2, 0.25) is 0 Å². The Hall–Kier alpha value is -3.07.